The van der Waals surface area contributed by atoms with Crippen molar-refractivity contribution in [1.29, 1.82) is 0 Å². The van der Waals surface area contributed by atoms with Crippen LogP contribution in [0.4, 0.5) is 0 Å². The van der Waals surface area contributed by atoms with Gasteiger partial charge in [-0.05, 0) is 0 Å². The van der Waals surface area contributed by atoms with Crippen molar-refractivity contribution in [2.75, 3.05) is 0 Å². The van der Waals surface area contributed by atoms with E-state index in [2.05, 4.69) is 0 Å². The fraction of sp³-hybridized carbons (Fsp3) is 0. The number of hydrogen-bond donors (Lipinski definition) is 0. The van der Waals surface area contributed by atoms with Gasteiger partial charge >= 0.3 is 116 Å². The van der Waals surface area contributed by atoms with Crippen LogP contribution in [0.2, 0.25) is 0 Å². The van der Waals surface area contributed by atoms with Crippen LogP contribution in [0.1, 0.15) is 0 Å². The molecule has 0 amide bonds. The number of rotatable bonds is 0. The first kappa shape index (κ1) is 213. The summed E-state index contributed by atoms with van der Waals surface area (Å²) in [5.41, 5.74) is 0. The fourth-order valence-electron chi connectivity index (χ4n) is 0. The Labute approximate surface area is 151 Å². The van der Waals surface area contributed by atoms with E-state index >= 15 is 0 Å². The Hall–Kier alpha value is 3.54. The fourth-order valence-corrected chi connectivity index (χ4v) is 0. The summed E-state index contributed by atoms with van der Waals surface area (Å²) in [5, 5.41) is 0. The quantitative estimate of drug-likeness (QED) is 0.301. The van der Waals surface area contributed by atoms with Gasteiger partial charge in [-0.25, -0.2) is 0 Å². The Balaban J connectivity index is 0. The van der Waals surface area contributed by atoms with Crippen molar-refractivity contribution in [1.82, 2.24) is 0 Å². The van der Waals surface area contributed by atoms with E-state index in [1.54, 1.807) is 0 Å². The molecular formula is O7Ru2Tb2. The molecule has 0 heterocycles. The van der Waals surface area contributed by atoms with Crippen LogP contribution in [0, 0.1) is 77.2 Å². The summed E-state index contributed by atoms with van der Waals surface area (Å²) in [7, 11) is 0. The van der Waals surface area contributed by atoms with Gasteiger partial charge in [-0.15, -0.1) is 0 Å². The predicted octanol–water partition coefficient (Wildman–Crippen LogP) is -0.837. The first-order valence-electron chi connectivity index (χ1n) is 0. The minimum Gasteiger partial charge on any atom is -2.00 e. The third-order valence-corrected chi connectivity index (χ3v) is 0. The standard InChI is InChI=1S/7O.2Ru.2Tb/q7*-2;2*+4;2*+3. The Bertz CT molecular complexity index is 14.4. The van der Waals surface area contributed by atoms with Gasteiger partial charge in [0.15, 0.2) is 0 Å². The predicted molar refractivity (Wildman–Crippen MR) is 4.81 cm³/mol. The average molecular weight is 632 g/mol. The Morgan fingerprint density at radius 1 is 0.273 bits per heavy atom. The molecule has 0 aromatic heterocycles. The van der Waals surface area contributed by atoms with Crippen LogP contribution in [-0.2, 0) is 77.3 Å². The molecule has 0 rings (SSSR count). The molecule has 76 valence electrons. The normalized spacial score (nSPS) is 0. The molecule has 0 atom stereocenters. The molecular weight excluding hydrogens is 632 g/mol. The first-order chi connectivity index (χ1) is 0. The zero-order valence-electron chi connectivity index (χ0n) is 4.23. The maximum Gasteiger partial charge on any atom is 4.00 e. The van der Waals surface area contributed by atoms with E-state index in [9.17, 15) is 0 Å². The van der Waals surface area contributed by atoms with Crippen LogP contribution in [0.15, 0.2) is 0 Å². The monoisotopic (exact) mass is 634 g/mol. The van der Waals surface area contributed by atoms with E-state index in [1.807, 2.05) is 0 Å². The smallest absolute Gasteiger partial charge is 2.00 e. The summed E-state index contributed by atoms with van der Waals surface area (Å²) in [5.74, 6) is 0. The Morgan fingerprint density at radius 2 is 0.273 bits per heavy atom. The Morgan fingerprint density at radius 3 is 0.273 bits per heavy atom. The van der Waals surface area contributed by atoms with Crippen LogP contribution in [0.5, 0.6) is 0 Å². The Kier molecular flexibility index (Phi) is 3290. The zero-order valence-corrected chi connectivity index (χ0v) is 12.0. The second-order valence-corrected chi connectivity index (χ2v) is 0. The summed E-state index contributed by atoms with van der Waals surface area (Å²) in [6, 6.07) is 0. The molecule has 0 spiro atoms. The van der Waals surface area contributed by atoms with Gasteiger partial charge in [0, 0.05) is 0 Å². The van der Waals surface area contributed by atoms with Crippen molar-refractivity contribution in [2.45, 2.75) is 0 Å². The van der Waals surface area contributed by atoms with E-state index in [0.29, 0.717) is 0 Å². The van der Waals surface area contributed by atoms with Gasteiger partial charge in [0.2, 0.25) is 0 Å². The largest absolute Gasteiger partial charge is 4.00 e. The summed E-state index contributed by atoms with van der Waals surface area (Å²) >= 11 is 0. The molecule has 11 heteroatoms. The maximum absolute atomic E-state index is 0. The molecule has 0 fully saturated rings. The molecule has 0 saturated heterocycles. The maximum atomic E-state index is 0. The molecule has 0 saturated carbocycles. The van der Waals surface area contributed by atoms with Crippen LogP contribution in [-0.4, -0.2) is 0 Å². The van der Waals surface area contributed by atoms with Gasteiger partial charge in [-0.2, -0.15) is 0 Å². The molecule has 0 aliphatic carbocycles. The van der Waals surface area contributed by atoms with E-state index in [4.69, 9.17) is 0 Å². The van der Waals surface area contributed by atoms with E-state index < -0.39 is 0 Å². The van der Waals surface area contributed by atoms with Crippen LogP contribution < -0.4 is 0 Å². The number of hydrogen-bond acceptors (Lipinski definition) is 0. The van der Waals surface area contributed by atoms with Gasteiger partial charge in [0.05, 0.1) is 0 Å². The SMILES string of the molecule is [O-2].[O-2].[O-2].[O-2].[O-2].[O-2].[O-2].[Ru+4].[Ru+4].[Tb+3].[Tb+3]. The van der Waals surface area contributed by atoms with E-state index in [-0.39, 0.29) is 155 Å². The third-order valence-electron chi connectivity index (χ3n) is 0. The van der Waals surface area contributed by atoms with Crippen molar-refractivity contribution in [3.8, 4) is 0 Å². The van der Waals surface area contributed by atoms with Crippen molar-refractivity contribution in [3.63, 3.8) is 0 Å². The van der Waals surface area contributed by atoms with Gasteiger partial charge in [-0.3, -0.25) is 0 Å². The zero-order chi connectivity index (χ0) is 0. The van der Waals surface area contributed by atoms with Gasteiger partial charge in [0.1, 0.15) is 0 Å². The second kappa shape index (κ2) is 170. The molecule has 11 heavy (non-hydrogen) atoms. The molecule has 0 aromatic rings. The molecule has 0 radical (unpaired) electrons. The average Bonchev–Trinajstić information content (AvgIpc) is 0. The van der Waals surface area contributed by atoms with Crippen molar-refractivity contribution >= 4 is 0 Å². The third kappa shape index (κ3) is 144. The molecule has 0 unspecified atom stereocenters. The van der Waals surface area contributed by atoms with E-state index in [1.165, 1.54) is 0 Å². The van der Waals surface area contributed by atoms with Gasteiger partial charge in [0.25, 0.3) is 0 Å². The minimum absolute atomic E-state index is 0. The van der Waals surface area contributed by atoms with E-state index in [0.717, 1.165) is 0 Å². The summed E-state index contributed by atoms with van der Waals surface area (Å²) < 4.78 is 0. The first-order valence-corrected chi connectivity index (χ1v) is 0. The summed E-state index contributed by atoms with van der Waals surface area (Å²) in [4.78, 5) is 0. The van der Waals surface area contributed by atoms with Crippen LogP contribution >= 0.6 is 0 Å². The topological polar surface area (TPSA) is 200 Å². The molecule has 0 aliphatic rings. The van der Waals surface area contributed by atoms with Crippen LogP contribution in [0.25, 0.3) is 0 Å². The van der Waals surface area contributed by atoms with Crippen molar-refractivity contribution in [3.05, 3.63) is 0 Å². The van der Waals surface area contributed by atoms with Gasteiger partial charge in [-0.1, -0.05) is 0 Å². The summed E-state index contributed by atoms with van der Waals surface area (Å²) in [6.45, 7) is 0. The summed E-state index contributed by atoms with van der Waals surface area (Å²) in [6.07, 6.45) is 0. The molecule has 0 aliphatic heterocycles. The molecule has 0 bridgehead atoms. The van der Waals surface area contributed by atoms with Crippen LogP contribution in [0.3, 0.4) is 0 Å². The molecule has 0 N–H and O–H groups in total. The van der Waals surface area contributed by atoms with Gasteiger partial charge < -0.3 is 38.3 Å². The van der Waals surface area contributed by atoms with Crippen molar-refractivity contribution < 1.29 is 155 Å². The molecule has 0 aromatic carbocycles. The second-order valence-electron chi connectivity index (χ2n) is 0. The minimum atomic E-state index is 0. The molecule has 7 nitrogen and oxygen atoms in total. The van der Waals surface area contributed by atoms with Crippen molar-refractivity contribution in [2.24, 2.45) is 0 Å².